The topological polar surface area (TPSA) is 73.3 Å². The van der Waals surface area contributed by atoms with Gasteiger partial charge in [-0.25, -0.2) is 0 Å². The monoisotopic (exact) mass is 335 g/mol. The van der Waals surface area contributed by atoms with Gasteiger partial charge in [-0.2, -0.15) is 0 Å². The maximum absolute atomic E-state index is 11.9. The minimum absolute atomic E-state index is 0.0459. The van der Waals surface area contributed by atoms with Crippen LogP contribution in [0.25, 0.3) is 11.3 Å². The average molecular weight is 335 g/mol. The van der Waals surface area contributed by atoms with E-state index in [4.69, 9.17) is 9.47 Å². The molecule has 0 unspecified atom stereocenters. The van der Waals surface area contributed by atoms with Crippen LogP contribution in [0.3, 0.4) is 0 Å². The fourth-order valence-corrected chi connectivity index (χ4v) is 2.17. The van der Waals surface area contributed by atoms with E-state index in [1.165, 1.54) is 0 Å². The number of amides is 1. The molecular formula is C19H17N3O3. The Hall–Kier alpha value is -3.41. The summed E-state index contributed by atoms with van der Waals surface area (Å²) in [7, 11) is 1.54. The number of para-hydroxylation sites is 1. The molecule has 6 heteroatoms. The van der Waals surface area contributed by atoms with Gasteiger partial charge in [-0.05, 0) is 30.3 Å². The van der Waals surface area contributed by atoms with Crippen LogP contribution in [0.4, 0.5) is 5.69 Å². The first kappa shape index (κ1) is 16.4. The molecule has 3 aromatic rings. The summed E-state index contributed by atoms with van der Waals surface area (Å²) < 4.78 is 10.4. The van der Waals surface area contributed by atoms with Crippen LogP contribution < -0.4 is 14.8 Å². The first-order valence-electron chi connectivity index (χ1n) is 7.70. The number of hydrogen-bond acceptors (Lipinski definition) is 5. The number of nitrogens with zero attached hydrogens (tertiary/aromatic N) is 2. The molecule has 0 atom stereocenters. The standard InChI is InChI=1S/C19H17N3O3/c1-24-19-12-11-17(21-22-19)14-7-9-15(10-8-14)20-18(23)13-25-16-5-3-2-4-6-16/h2-12H,13H2,1H3,(H,20,23). The van der Waals surface area contributed by atoms with E-state index in [2.05, 4.69) is 15.5 Å². The van der Waals surface area contributed by atoms with E-state index in [0.29, 0.717) is 17.3 Å². The Bertz CT molecular complexity index is 819. The van der Waals surface area contributed by atoms with Crippen LogP contribution in [0.15, 0.2) is 66.7 Å². The predicted molar refractivity (Wildman–Crippen MR) is 94.6 cm³/mol. The van der Waals surface area contributed by atoms with Gasteiger partial charge in [0, 0.05) is 17.3 Å². The smallest absolute Gasteiger partial charge is 0.262 e. The van der Waals surface area contributed by atoms with Crippen LogP contribution in [0, 0.1) is 0 Å². The Morgan fingerprint density at radius 1 is 0.960 bits per heavy atom. The zero-order valence-corrected chi connectivity index (χ0v) is 13.7. The number of rotatable bonds is 6. The zero-order chi connectivity index (χ0) is 17.5. The summed E-state index contributed by atoms with van der Waals surface area (Å²) in [6, 6.07) is 20.1. The molecule has 0 radical (unpaired) electrons. The maximum atomic E-state index is 11.9. The summed E-state index contributed by atoms with van der Waals surface area (Å²) >= 11 is 0. The van der Waals surface area contributed by atoms with Crippen molar-refractivity contribution >= 4 is 11.6 Å². The van der Waals surface area contributed by atoms with Gasteiger partial charge >= 0.3 is 0 Å². The molecule has 0 saturated heterocycles. The summed E-state index contributed by atoms with van der Waals surface area (Å²) in [4.78, 5) is 11.9. The Morgan fingerprint density at radius 3 is 2.36 bits per heavy atom. The Kier molecular flexibility index (Phi) is 5.21. The molecule has 1 aromatic heterocycles. The van der Waals surface area contributed by atoms with Crippen molar-refractivity contribution in [1.29, 1.82) is 0 Å². The lowest BCUT2D eigenvalue weighted by Gasteiger charge is -2.08. The number of ether oxygens (including phenoxy) is 2. The molecule has 0 saturated carbocycles. The summed E-state index contributed by atoms with van der Waals surface area (Å²) in [6.45, 7) is -0.0459. The highest BCUT2D eigenvalue weighted by Crippen LogP contribution is 2.20. The van der Waals surface area contributed by atoms with Crippen LogP contribution in [0.5, 0.6) is 11.6 Å². The van der Waals surface area contributed by atoms with E-state index < -0.39 is 0 Å². The number of methoxy groups -OCH3 is 1. The van der Waals surface area contributed by atoms with Crippen molar-refractivity contribution in [1.82, 2.24) is 10.2 Å². The van der Waals surface area contributed by atoms with Gasteiger partial charge in [-0.15, -0.1) is 10.2 Å². The minimum atomic E-state index is -0.221. The van der Waals surface area contributed by atoms with Gasteiger partial charge in [-0.1, -0.05) is 30.3 Å². The molecule has 1 N–H and O–H groups in total. The van der Waals surface area contributed by atoms with E-state index >= 15 is 0 Å². The van der Waals surface area contributed by atoms with E-state index in [9.17, 15) is 4.79 Å². The summed E-state index contributed by atoms with van der Waals surface area (Å²) in [5, 5.41) is 10.8. The molecular weight excluding hydrogens is 318 g/mol. The molecule has 2 aromatic carbocycles. The lowest BCUT2D eigenvalue weighted by Crippen LogP contribution is -2.20. The number of hydrogen-bond donors (Lipinski definition) is 1. The maximum Gasteiger partial charge on any atom is 0.262 e. The van der Waals surface area contributed by atoms with Gasteiger partial charge in [0.25, 0.3) is 5.91 Å². The number of carbonyl (C=O) groups is 1. The van der Waals surface area contributed by atoms with Crippen molar-refractivity contribution in [2.45, 2.75) is 0 Å². The van der Waals surface area contributed by atoms with Gasteiger partial charge in [0.15, 0.2) is 6.61 Å². The SMILES string of the molecule is COc1ccc(-c2ccc(NC(=O)COc3ccccc3)cc2)nn1. The lowest BCUT2D eigenvalue weighted by atomic mass is 10.1. The number of benzene rings is 2. The molecule has 0 spiro atoms. The Labute approximate surface area is 145 Å². The Balaban J connectivity index is 1.57. The van der Waals surface area contributed by atoms with Crippen LogP contribution in [0.1, 0.15) is 0 Å². The molecule has 1 heterocycles. The van der Waals surface area contributed by atoms with E-state index in [0.717, 1.165) is 11.3 Å². The molecule has 126 valence electrons. The van der Waals surface area contributed by atoms with Crippen LogP contribution in [-0.2, 0) is 4.79 Å². The summed E-state index contributed by atoms with van der Waals surface area (Å²) in [5.74, 6) is 0.901. The van der Waals surface area contributed by atoms with Crippen LogP contribution in [0.2, 0.25) is 0 Å². The number of nitrogens with one attached hydrogen (secondary N) is 1. The van der Waals surface area contributed by atoms with E-state index in [1.807, 2.05) is 48.5 Å². The van der Waals surface area contributed by atoms with Crippen molar-refractivity contribution in [2.75, 3.05) is 19.0 Å². The van der Waals surface area contributed by atoms with Gasteiger partial charge in [0.05, 0.1) is 12.8 Å². The number of aromatic nitrogens is 2. The second-order valence-corrected chi connectivity index (χ2v) is 5.19. The first-order valence-corrected chi connectivity index (χ1v) is 7.70. The van der Waals surface area contributed by atoms with Crippen LogP contribution in [-0.4, -0.2) is 29.8 Å². The van der Waals surface area contributed by atoms with Crippen molar-refractivity contribution in [3.8, 4) is 22.9 Å². The fraction of sp³-hybridized carbons (Fsp3) is 0.105. The third kappa shape index (κ3) is 4.54. The Morgan fingerprint density at radius 2 is 1.72 bits per heavy atom. The molecule has 0 bridgehead atoms. The van der Waals surface area contributed by atoms with Crippen LogP contribution >= 0.6 is 0 Å². The quantitative estimate of drug-likeness (QED) is 0.749. The molecule has 6 nitrogen and oxygen atoms in total. The highest BCUT2D eigenvalue weighted by molar-refractivity contribution is 5.92. The van der Waals surface area contributed by atoms with Crippen molar-refractivity contribution in [3.05, 3.63) is 66.7 Å². The third-order valence-corrected chi connectivity index (χ3v) is 3.43. The minimum Gasteiger partial charge on any atom is -0.484 e. The molecule has 0 aliphatic heterocycles. The summed E-state index contributed by atoms with van der Waals surface area (Å²) in [6.07, 6.45) is 0. The fourth-order valence-electron chi connectivity index (χ4n) is 2.17. The average Bonchev–Trinajstić information content (AvgIpc) is 2.68. The zero-order valence-electron chi connectivity index (χ0n) is 13.7. The predicted octanol–water partition coefficient (Wildman–Crippen LogP) is 3.17. The second kappa shape index (κ2) is 7.92. The number of anilines is 1. The van der Waals surface area contributed by atoms with Crippen molar-refractivity contribution in [2.24, 2.45) is 0 Å². The van der Waals surface area contributed by atoms with E-state index in [1.54, 1.807) is 25.3 Å². The van der Waals surface area contributed by atoms with Crippen molar-refractivity contribution in [3.63, 3.8) is 0 Å². The lowest BCUT2D eigenvalue weighted by molar-refractivity contribution is -0.118. The molecule has 0 fully saturated rings. The highest BCUT2D eigenvalue weighted by Gasteiger charge is 2.05. The normalized spacial score (nSPS) is 10.1. The highest BCUT2D eigenvalue weighted by atomic mass is 16.5. The second-order valence-electron chi connectivity index (χ2n) is 5.19. The number of carbonyl (C=O) groups excluding carboxylic acids is 1. The first-order chi connectivity index (χ1) is 12.2. The molecule has 1 amide bonds. The summed E-state index contributed by atoms with van der Waals surface area (Å²) in [5.41, 5.74) is 2.31. The van der Waals surface area contributed by atoms with Gasteiger partial charge in [0.2, 0.25) is 5.88 Å². The third-order valence-electron chi connectivity index (χ3n) is 3.43. The molecule has 0 aliphatic rings. The molecule has 25 heavy (non-hydrogen) atoms. The van der Waals surface area contributed by atoms with Gasteiger partial charge in [0.1, 0.15) is 5.75 Å². The largest absolute Gasteiger partial charge is 0.484 e. The van der Waals surface area contributed by atoms with Gasteiger partial charge < -0.3 is 14.8 Å². The van der Waals surface area contributed by atoms with Crippen molar-refractivity contribution < 1.29 is 14.3 Å². The van der Waals surface area contributed by atoms with E-state index in [-0.39, 0.29) is 12.5 Å². The molecule has 0 aliphatic carbocycles. The van der Waals surface area contributed by atoms with Gasteiger partial charge in [-0.3, -0.25) is 4.79 Å². The molecule has 3 rings (SSSR count).